The van der Waals surface area contributed by atoms with Gasteiger partial charge in [0.25, 0.3) is 0 Å². The summed E-state index contributed by atoms with van der Waals surface area (Å²) >= 11 is 1.45. The smallest absolute Gasteiger partial charge is 0.321 e. The van der Waals surface area contributed by atoms with Crippen LogP contribution in [0.5, 0.6) is 0 Å². The number of nitrogens with one attached hydrogen (secondary N) is 1. The van der Waals surface area contributed by atoms with E-state index in [0.29, 0.717) is 5.69 Å². The van der Waals surface area contributed by atoms with Gasteiger partial charge in [-0.15, -0.1) is 11.3 Å². The van der Waals surface area contributed by atoms with Crippen LogP contribution in [0.4, 0.5) is 0 Å². The zero-order chi connectivity index (χ0) is 19.4. The number of hydrogen-bond acceptors (Lipinski definition) is 7. The Bertz CT molecular complexity index is 1040. The molecule has 3 aromatic rings. The number of aromatic nitrogens is 3. The molecule has 0 saturated heterocycles. The number of rotatable bonds is 7. The molecule has 1 N–H and O–H groups in total. The van der Waals surface area contributed by atoms with Crippen molar-refractivity contribution in [2.24, 2.45) is 7.05 Å². The number of hydrogen-bond donors (Lipinski definition) is 1. The van der Waals surface area contributed by atoms with Crippen LogP contribution in [-0.2, 0) is 33.2 Å². The average molecular weight is 406 g/mol. The van der Waals surface area contributed by atoms with Gasteiger partial charge in [-0.2, -0.15) is 9.82 Å². The highest BCUT2D eigenvalue weighted by Gasteiger charge is 2.18. The minimum absolute atomic E-state index is 0.0139. The van der Waals surface area contributed by atoms with Crippen LogP contribution >= 0.6 is 11.3 Å². The highest BCUT2D eigenvalue weighted by Crippen LogP contribution is 2.24. The van der Waals surface area contributed by atoms with Crippen molar-refractivity contribution >= 4 is 27.3 Å². The number of carbonyl (C=O) groups is 1. The van der Waals surface area contributed by atoms with Crippen molar-refractivity contribution in [3.63, 3.8) is 0 Å². The van der Waals surface area contributed by atoms with Gasteiger partial charge in [0.05, 0.1) is 11.9 Å². The van der Waals surface area contributed by atoms with Crippen LogP contribution in [0.2, 0.25) is 0 Å². The Morgan fingerprint density at radius 1 is 1.30 bits per heavy atom. The molecule has 0 fully saturated rings. The Hall–Kier alpha value is -2.56. The molecule has 0 radical (unpaired) electrons. The van der Waals surface area contributed by atoms with Crippen LogP contribution in [0.25, 0.3) is 10.6 Å². The first-order valence-corrected chi connectivity index (χ1v) is 10.4. The van der Waals surface area contributed by atoms with Crippen LogP contribution in [-0.4, -0.2) is 35.7 Å². The summed E-state index contributed by atoms with van der Waals surface area (Å²) in [4.78, 5) is 16.2. The van der Waals surface area contributed by atoms with Gasteiger partial charge in [-0.1, -0.05) is 29.8 Å². The van der Waals surface area contributed by atoms with Crippen LogP contribution < -0.4 is 4.72 Å². The van der Waals surface area contributed by atoms with Gasteiger partial charge in [-0.25, -0.2) is 13.4 Å². The van der Waals surface area contributed by atoms with Crippen LogP contribution in [0, 0.1) is 6.92 Å². The van der Waals surface area contributed by atoms with Gasteiger partial charge in [0.15, 0.2) is 0 Å². The van der Waals surface area contributed by atoms with E-state index in [1.54, 1.807) is 7.05 Å². The third kappa shape index (κ3) is 5.00. The molecule has 27 heavy (non-hydrogen) atoms. The molecule has 3 rings (SSSR count). The largest absolute Gasteiger partial charge is 0.458 e. The first-order chi connectivity index (χ1) is 12.8. The quantitative estimate of drug-likeness (QED) is 0.601. The maximum absolute atomic E-state index is 12.0. The lowest BCUT2D eigenvalue weighted by molar-refractivity contribution is -0.143. The zero-order valence-corrected chi connectivity index (χ0v) is 16.4. The van der Waals surface area contributed by atoms with Gasteiger partial charge in [0.1, 0.15) is 23.1 Å². The molecule has 1 aromatic carbocycles. The first kappa shape index (κ1) is 19.2. The molecule has 0 amide bonds. The normalized spacial score (nSPS) is 11.5. The Labute approximate surface area is 160 Å². The molecule has 0 aliphatic heterocycles. The van der Waals surface area contributed by atoms with Crippen LogP contribution in [0.15, 0.2) is 46.9 Å². The monoisotopic (exact) mass is 406 g/mol. The summed E-state index contributed by atoms with van der Waals surface area (Å²) in [6, 6.07) is 7.98. The average Bonchev–Trinajstić information content (AvgIpc) is 3.28. The van der Waals surface area contributed by atoms with E-state index in [9.17, 15) is 13.2 Å². The van der Waals surface area contributed by atoms with Gasteiger partial charge < -0.3 is 4.74 Å². The molecular formula is C17H18N4O4S2. The summed E-state index contributed by atoms with van der Waals surface area (Å²) in [5.74, 6) is -0.688. The number of thiazole rings is 1. The molecule has 2 aromatic heterocycles. The van der Waals surface area contributed by atoms with E-state index in [1.165, 1.54) is 28.4 Å². The van der Waals surface area contributed by atoms with E-state index >= 15 is 0 Å². The molecular weight excluding hydrogens is 388 g/mol. The van der Waals surface area contributed by atoms with Crippen molar-refractivity contribution in [3.05, 3.63) is 53.3 Å². The Balaban J connectivity index is 1.51. The van der Waals surface area contributed by atoms with E-state index in [-0.39, 0.29) is 11.5 Å². The van der Waals surface area contributed by atoms with Gasteiger partial charge >= 0.3 is 5.97 Å². The van der Waals surface area contributed by atoms with Crippen molar-refractivity contribution in [2.75, 3.05) is 6.54 Å². The standard InChI is InChI=1S/C17H18N4O4S2/c1-12-3-5-13(6-4-12)17-20-14(11-26-17)10-25-16(22)8-19-27(23,24)15-7-18-21(2)9-15/h3-7,9,11,19H,8,10H2,1-2H3. The Kier molecular flexibility index (Phi) is 5.68. The SMILES string of the molecule is Cc1ccc(-c2nc(COC(=O)CNS(=O)(=O)c3cnn(C)c3)cs2)cc1. The summed E-state index contributed by atoms with van der Waals surface area (Å²) in [7, 11) is -2.20. The molecule has 0 aliphatic rings. The highest BCUT2D eigenvalue weighted by molar-refractivity contribution is 7.89. The lowest BCUT2D eigenvalue weighted by atomic mass is 10.2. The second-order valence-corrected chi connectivity index (χ2v) is 8.47. The molecule has 142 valence electrons. The molecule has 0 aliphatic carbocycles. The fourth-order valence-corrected chi connectivity index (χ4v) is 3.94. The van der Waals surface area contributed by atoms with Gasteiger partial charge in [-0.05, 0) is 6.92 Å². The predicted molar refractivity (Wildman–Crippen MR) is 100 cm³/mol. The van der Waals surface area contributed by atoms with Crippen molar-refractivity contribution in [3.8, 4) is 10.6 Å². The maximum Gasteiger partial charge on any atom is 0.321 e. The Morgan fingerprint density at radius 3 is 2.70 bits per heavy atom. The number of ether oxygens (including phenoxy) is 1. The van der Waals surface area contributed by atoms with Crippen LogP contribution in [0.1, 0.15) is 11.3 Å². The second-order valence-electron chi connectivity index (χ2n) is 5.84. The van der Waals surface area contributed by atoms with E-state index in [0.717, 1.165) is 16.1 Å². The van der Waals surface area contributed by atoms with Gasteiger partial charge in [-0.3, -0.25) is 9.48 Å². The number of nitrogens with zero attached hydrogens (tertiary/aromatic N) is 3. The van der Waals surface area contributed by atoms with Crippen LogP contribution in [0.3, 0.4) is 0 Å². The fourth-order valence-electron chi connectivity index (χ4n) is 2.18. The Morgan fingerprint density at radius 2 is 2.04 bits per heavy atom. The van der Waals surface area contributed by atoms with Gasteiger partial charge in [0, 0.05) is 24.2 Å². The lowest BCUT2D eigenvalue weighted by Crippen LogP contribution is -2.30. The minimum atomic E-state index is -3.80. The number of sulfonamides is 1. The summed E-state index contributed by atoms with van der Waals surface area (Å²) in [5.41, 5.74) is 2.77. The topological polar surface area (TPSA) is 103 Å². The van der Waals surface area contributed by atoms with Crippen molar-refractivity contribution in [1.29, 1.82) is 0 Å². The summed E-state index contributed by atoms with van der Waals surface area (Å²) in [6.45, 7) is 1.53. The maximum atomic E-state index is 12.0. The van der Waals surface area contributed by atoms with E-state index < -0.39 is 22.5 Å². The molecule has 0 unspecified atom stereocenters. The van der Waals surface area contributed by atoms with Crippen molar-refractivity contribution in [1.82, 2.24) is 19.5 Å². The number of aryl methyl sites for hydroxylation is 2. The number of esters is 1. The minimum Gasteiger partial charge on any atom is -0.458 e. The molecule has 0 saturated carbocycles. The van der Waals surface area contributed by atoms with E-state index in [2.05, 4.69) is 14.8 Å². The number of benzene rings is 1. The fraction of sp³-hybridized carbons (Fsp3) is 0.235. The summed E-state index contributed by atoms with van der Waals surface area (Å²) < 4.78 is 32.7. The van der Waals surface area contributed by atoms with Gasteiger partial charge in [0.2, 0.25) is 10.0 Å². The van der Waals surface area contributed by atoms with Crippen molar-refractivity contribution in [2.45, 2.75) is 18.4 Å². The van der Waals surface area contributed by atoms with E-state index in [1.807, 2.05) is 36.6 Å². The molecule has 0 bridgehead atoms. The van der Waals surface area contributed by atoms with E-state index in [4.69, 9.17) is 4.74 Å². The first-order valence-electron chi connectivity index (χ1n) is 7.99. The third-order valence-electron chi connectivity index (χ3n) is 3.63. The molecule has 0 atom stereocenters. The summed E-state index contributed by atoms with van der Waals surface area (Å²) in [5, 5.41) is 6.43. The lowest BCUT2D eigenvalue weighted by Gasteiger charge is -2.05. The predicted octanol–water partition coefficient (Wildman–Crippen LogP) is 1.87. The summed E-state index contributed by atoms with van der Waals surface area (Å²) in [6.07, 6.45) is 2.55. The third-order valence-corrected chi connectivity index (χ3v) is 5.93. The zero-order valence-electron chi connectivity index (χ0n) is 14.7. The molecule has 2 heterocycles. The highest BCUT2D eigenvalue weighted by atomic mass is 32.2. The molecule has 10 heteroatoms. The molecule has 0 spiro atoms. The number of carbonyl (C=O) groups excluding carboxylic acids is 1. The molecule has 8 nitrogen and oxygen atoms in total. The second kappa shape index (κ2) is 7.99. The van der Waals surface area contributed by atoms with Crippen molar-refractivity contribution < 1.29 is 17.9 Å².